The topological polar surface area (TPSA) is 86.7 Å². The molecule has 1 unspecified atom stereocenters. The number of hydrogen-bond donors (Lipinski definition) is 2. The normalized spacial score (nSPS) is 18.2. The highest BCUT2D eigenvalue weighted by Crippen LogP contribution is 2.27. The molecule has 144 valence electrons. The van der Waals surface area contributed by atoms with Crippen LogP contribution in [-0.2, 0) is 10.0 Å². The maximum atomic E-state index is 13.1. The summed E-state index contributed by atoms with van der Waals surface area (Å²) < 4.78 is 27.6. The van der Waals surface area contributed by atoms with E-state index < -0.39 is 15.9 Å². The van der Waals surface area contributed by atoms with Crippen LogP contribution in [0.1, 0.15) is 42.1 Å². The smallest absolute Gasteiger partial charge is 0.256 e. The van der Waals surface area contributed by atoms with Crippen LogP contribution in [0.4, 0.5) is 5.69 Å². The van der Waals surface area contributed by atoms with Crippen molar-refractivity contribution in [2.45, 2.75) is 44.0 Å². The fourth-order valence-electron chi connectivity index (χ4n) is 3.34. The molecule has 1 saturated heterocycles. The fourth-order valence-corrected chi connectivity index (χ4v) is 5.07. The molecule has 1 amide bonds. The minimum absolute atomic E-state index is 0.0468. The highest BCUT2D eigenvalue weighted by molar-refractivity contribution is 7.89. The fraction of sp³-hybridized carbons (Fsp3) is 0.350. The Morgan fingerprint density at radius 1 is 1.19 bits per heavy atom. The number of rotatable bonds is 4. The highest BCUT2D eigenvalue weighted by Gasteiger charge is 2.31. The maximum absolute atomic E-state index is 13.1. The summed E-state index contributed by atoms with van der Waals surface area (Å²) in [7, 11) is -3.66. The van der Waals surface area contributed by atoms with Gasteiger partial charge in [0.1, 0.15) is 5.75 Å². The number of para-hydroxylation sites is 2. The molecule has 0 radical (unpaired) electrons. The molecule has 1 aliphatic heterocycles. The van der Waals surface area contributed by atoms with Gasteiger partial charge in [-0.2, -0.15) is 4.31 Å². The van der Waals surface area contributed by atoms with E-state index in [4.69, 9.17) is 0 Å². The third-order valence-electron chi connectivity index (χ3n) is 4.95. The quantitative estimate of drug-likeness (QED) is 0.785. The van der Waals surface area contributed by atoms with Gasteiger partial charge in [0.15, 0.2) is 0 Å². The van der Waals surface area contributed by atoms with Gasteiger partial charge in [0.25, 0.3) is 5.91 Å². The van der Waals surface area contributed by atoms with E-state index >= 15 is 0 Å². The number of anilines is 1. The SMILES string of the molecule is Cc1ccc(S(=O)(=O)N2CCCCC2C)cc1C(=O)Nc1ccccc1O. The van der Waals surface area contributed by atoms with Gasteiger partial charge in [-0.25, -0.2) is 8.42 Å². The van der Waals surface area contributed by atoms with Crippen molar-refractivity contribution in [3.8, 4) is 5.75 Å². The Kier molecular flexibility index (Phi) is 5.53. The first-order chi connectivity index (χ1) is 12.8. The average molecular weight is 388 g/mol. The van der Waals surface area contributed by atoms with Crippen molar-refractivity contribution in [1.29, 1.82) is 0 Å². The minimum Gasteiger partial charge on any atom is -0.506 e. The van der Waals surface area contributed by atoms with Crippen LogP contribution in [-0.4, -0.2) is 36.3 Å². The molecule has 1 atom stereocenters. The largest absolute Gasteiger partial charge is 0.506 e. The van der Waals surface area contributed by atoms with Gasteiger partial charge >= 0.3 is 0 Å². The van der Waals surface area contributed by atoms with E-state index in [9.17, 15) is 18.3 Å². The summed E-state index contributed by atoms with van der Waals surface area (Å²) in [5.74, 6) is -0.507. The summed E-state index contributed by atoms with van der Waals surface area (Å²) in [6.07, 6.45) is 2.71. The number of benzene rings is 2. The molecular weight excluding hydrogens is 364 g/mol. The van der Waals surface area contributed by atoms with Crippen molar-refractivity contribution in [3.63, 3.8) is 0 Å². The Balaban J connectivity index is 1.92. The minimum atomic E-state index is -3.66. The predicted octanol–water partition coefficient (Wildman–Crippen LogP) is 3.52. The van der Waals surface area contributed by atoms with Gasteiger partial charge in [-0.15, -0.1) is 0 Å². The van der Waals surface area contributed by atoms with E-state index in [1.165, 1.54) is 16.4 Å². The Bertz CT molecular complexity index is 956. The number of carbonyl (C=O) groups excluding carboxylic acids is 1. The molecule has 1 fully saturated rings. The lowest BCUT2D eigenvalue weighted by atomic mass is 10.1. The van der Waals surface area contributed by atoms with Gasteiger partial charge in [-0.3, -0.25) is 4.79 Å². The molecule has 0 aliphatic carbocycles. The number of aromatic hydroxyl groups is 1. The second-order valence-corrected chi connectivity index (χ2v) is 8.80. The third kappa shape index (κ3) is 3.99. The number of amides is 1. The maximum Gasteiger partial charge on any atom is 0.256 e. The molecule has 0 spiro atoms. The summed E-state index contributed by atoms with van der Waals surface area (Å²) in [5, 5.41) is 12.5. The molecule has 0 saturated carbocycles. The highest BCUT2D eigenvalue weighted by atomic mass is 32.2. The molecule has 1 aliphatic rings. The van der Waals surface area contributed by atoms with E-state index in [2.05, 4.69) is 5.32 Å². The molecule has 7 heteroatoms. The van der Waals surface area contributed by atoms with E-state index in [0.717, 1.165) is 19.3 Å². The van der Waals surface area contributed by atoms with Crippen molar-refractivity contribution >= 4 is 21.6 Å². The first kappa shape index (κ1) is 19.4. The van der Waals surface area contributed by atoms with Crippen LogP contribution in [0.3, 0.4) is 0 Å². The van der Waals surface area contributed by atoms with E-state index in [0.29, 0.717) is 12.1 Å². The molecule has 2 N–H and O–H groups in total. The van der Waals surface area contributed by atoms with Crippen LogP contribution in [0.15, 0.2) is 47.4 Å². The number of phenols is 1. The van der Waals surface area contributed by atoms with E-state index in [1.54, 1.807) is 37.3 Å². The molecular formula is C20H24N2O4S. The van der Waals surface area contributed by atoms with E-state index in [1.807, 2.05) is 6.92 Å². The molecule has 0 bridgehead atoms. The van der Waals surface area contributed by atoms with Crippen LogP contribution in [0.25, 0.3) is 0 Å². The number of phenolic OH excluding ortho intramolecular Hbond substituents is 1. The van der Waals surface area contributed by atoms with Gasteiger partial charge in [-0.05, 0) is 56.5 Å². The van der Waals surface area contributed by atoms with Gasteiger partial charge in [-0.1, -0.05) is 24.6 Å². The Labute approximate surface area is 159 Å². The first-order valence-corrected chi connectivity index (χ1v) is 10.5. The van der Waals surface area contributed by atoms with Gasteiger partial charge < -0.3 is 10.4 Å². The van der Waals surface area contributed by atoms with Crippen LogP contribution in [0.2, 0.25) is 0 Å². The summed E-state index contributed by atoms with van der Waals surface area (Å²) in [6, 6.07) is 11.0. The standard InChI is InChI=1S/C20H24N2O4S/c1-14-10-11-16(27(25,26)22-12-6-5-7-15(22)2)13-17(14)20(24)21-18-8-3-4-9-19(18)23/h3-4,8-11,13,15,23H,5-7,12H2,1-2H3,(H,21,24). The van der Waals surface area contributed by atoms with Crippen LogP contribution in [0, 0.1) is 6.92 Å². The van der Waals surface area contributed by atoms with Crippen molar-refractivity contribution in [2.75, 3.05) is 11.9 Å². The van der Waals surface area contributed by atoms with E-state index in [-0.39, 0.29) is 27.9 Å². The van der Waals surface area contributed by atoms with Gasteiger partial charge in [0.05, 0.1) is 10.6 Å². The molecule has 1 heterocycles. The lowest BCUT2D eigenvalue weighted by Gasteiger charge is -2.32. The number of aryl methyl sites for hydroxylation is 1. The molecule has 2 aromatic rings. The van der Waals surface area contributed by atoms with Crippen LogP contribution < -0.4 is 5.32 Å². The van der Waals surface area contributed by atoms with Gasteiger partial charge in [0, 0.05) is 18.2 Å². The number of carbonyl (C=O) groups is 1. The zero-order valence-electron chi connectivity index (χ0n) is 15.5. The van der Waals surface area contributed by atoms with Crippen LogP contribution in [0.5, 0.6) is 5.75 Å². The summed E-state index contributed by atoms with van der Waals surface area (Å²) in [4.78, 5) is 12.8. The lowest BCUT2D eigenvalue weighted by Crippen LogP contribution is -2.42. The Morgan fingerprint density at radius 3 is 2.63 bits per heavy atom. The Hall–Kier alpha value is -2.38. The van der Waals surface area contributed by atoms with Crippen molar-refractivity contribution < 1.29 is 18.3 Å². The molecule has 3 rings (SSSR count). The van der Waals surface area contributed by atoms with Gasteiger partial charge in [0.2, 0.25) is 10.0 Å². The van der Waals surface area contributed by atoms with Crippen molar-refractivity contribution in [3.05, 3.63) is 53.6 Å². The average Bonchev–Trinajstić information content (AvgIpc) is 2.64. The summed E-state index contributed by atoms with van der Waals surface area (Å²) in [6.45, 7) is 4.16. The van der Waals surface area contributed by atoms with Crippen molar-refractivity contribution in [1.82, 2.24) is 4.31 Å². The number of hydrogen-bond acceptors (Lipinski definition) is 4. The summed E-state index contributed by atoms with van der Waals surface area (Å²) in [5.41, 5.74) is 1.21. The molecule has 6 nitrogen and oxygen atoms in total. The zero-order chi connectivity index (χ0) is 19.6. The number of nitrogens with zero attached hydrogens (tertiary/aromatic N) is 1. The number of nitrogens with one attached hydrogen (secondary N) is 1. The van der Waals surface area contributed by atoms with Crippen molar-refractivity contribution in [2.24, 2.45) is 0 Å². The molecule has 2 aromatic carbocycles. The first-order valence-electron chi connectivity index (χ1n) is 9.02. The Morgan fingerprint density at radius 2 is 1.93 bits per heavy atom. The number of piperidine rings is 1. The second-order valence-electron chi connectivity index (χ2n) is 6.91. The summed E-state index contributed by atoms with van der Waals surface area (Å²) >= 11 is 0. The predicted molar refractivity (Wildman–Crippen MR) is 104 cm³/mol. The molecule has 0 aromatic heterocycles. The zero-order valence-corrected chi connectivity index (χ0v) is 16.3. The monoisotopic (exact) mass is 388 g/mol. The van der Waals surface area contributed by atoms with Crippen LogP contribution >= 0.6 is 0 Å². The lowest BCUT2D eigenvalue weighted by molar-refractivity contribution is 0.102. The molecule has 27 heavy (non-hydrogen) atoms. The third-order valence-corrected chi connectivity index (χ3v) is 6.96. The second kappa shape index (κ2) is 7.70. The number of sulfonamides is 1.